The van der Waals surface area contributed by atoms with Gasteiger partial charge in [0.25, 0.3) is 35.4 Å². The number of carbonyl (C=O) groups excluding carboxylic acids is 8. The Balaban J connectivity index is 2.79. The number of rotatable bonds is 23. The lowest BCUT2D eigenvalue weighted by Gasteiger charge is -2.29. The van der Waals surface area contributed by atoms with Crippen molar-refractivity contribution in [2.45, 2.75) is 37.3 Å². The molecule has 2 rings (SSSR count). The molecule has 378 valence electrons. The summed E-state index contributed by atoms with van der Waals surface area (Å²) in [6.07, 6.45) is -8.07. The standard InChI is InChI=1S/C38H46I6N6O18/c1-47(31-27(41)21(35(65)45-33(63)17(59)13-55)25(39)23(29(31)43)37(67)49(5-7-51)9-15(57)11-53)19(61)3-4-20(62)48(2)32-28(42)22(36(66)46-34(64)18(60)14-56)26(40)24(30(32)44)38(68)50(6-8-52)10-16(58)12-54/h15-18,51-60H,3-14H2,1-2H3,(H,45,63,65)(H,46,64,66). The maximum Gasteiger partial charge on any atom is 0.260 e. The first-order chi connectivity index (χ1) is 31.8. The second kappa shape index (κ2) is 29.3. The molecule has 12 N–H and O–H groups in total. The minimum Gasteiger partial charge on any atom is -0.395 e. The third-order valence-corrected chi connectivity index (χ3v) is 15.8. The average molecular weight is 1640 g/mol. The molecule has 0 aromatic heterocycles. The molecule has 0 aliphatic carbocycles. The summed E-state index contributed by atoms with van der Waals surface area (Å²) >= 11 is 10.2. The molecule has 2 aromatic rings. The van der Waals surface area contributed by atoms with Crippen LogP contribution in [0.1, 0.15) is 54.3 Å². The Kier molecular flexibility index (Phi) is 27.0. The highest BCUT2D eigenvalue weighted by molar-refractivity contribution is 14.1. The molecular formula is C38H46I6N6O18. The van der Waals surface area contributed by atoms with Gasteiger partial charge in [-0.25, -0.2) is 0 Å². The molecule has 2 aromatic carbocycles. The Morgan fingerprint density at radius 2 is 0.765 bits per heavy atom. The largest absolute Gasteiger partial charge is 0.395 e. The van der Waals surface area contributed by atoms with Crippen LogP contribution in [0.3, 0.4) is 0 Å². The normalized spacial score (nSPS) is 12.9. The number of hydrogen-bond donors (Lipinski definition) is 12. The number of aliphatic hydroxyl groups is 10. The van der Waals surface area contributed by atoms with Crippen molar-refractivity contribution >= 4 is 194 Å². The number of amides is 8. The molecule has 0 bridgehead atoms. The molecule has 4 atom stereocenters. The van der Waals surface area contributed by atoms with E-state index in [-0.39, 0.29) is 68.1 Å². The minimum absolute atomic E-state index is 0.00197. The van der Waals surface area contributed by atoms with Gasteiger partial charge in [-0.2, -0.15) is 0 Å². The predicted octanol–water partition coefficient (Wildman–Crippen LogP) is -2.49. The van der Waals surface area contributed by atoms with E-state index >= 15 is 0 Å². The number of nitrogens with one attached hydrogen (secondary N) is 2. The zero-order valence-electron chi connectivity index (χ0n) is 35.6. The molecule has 4 unspecified atom stereocenters. The zero-order valence-corrected chi connectivity index (χ0v) is 48.5. The van der Waals surface area contributed by atoms with Crippen LogP contribution in [0, 0.1) is 21.4 Å². The van der Waals surface area contributed by atoms with Crippen LogP contribution in [0.25, 0.3) is 0 Å². The van der Waals surface area contributed by atoms with Crippen LogP contribution in [-0.4, -0.2) is 212 Å². The van der Waals surface area contributed by atoms with Crippen molar-refractivity contribution in [3.63, 3.8) is 0 Å². The van der Waals surface area contributed by atoms with E-state index in [1.807, 2.05) is 10.6 Å². The fourth-order valence-electron chi connectivity index (χ4n) is 5.88. The first-order valence-electron chi connectivity index (χ1n) is 19.4. The molecule has 8 amide bonds. The first kappa shape index (κ1) is 62.7. The summed E-state index contributed by atoms with van der Waals surface area (Å²) in [7, 11) is 2.52. The van der Waals surface area contributed by atoms with Crippen LogP contribution < -0.4 is 20.4 Å². The maximum absolute atomic E-state index is 14.2. The lowest BCUT2D eigenvalue weighted by molar-refractivity contribution is -0.130. The van der Waals surface area contributed by atoms with Crippen molar-refractivity contribution in [2.24, 2.45) is 0 Å². The summed E-state index contributed by atoms with van der Waals surface area (Å²) in [5, 5.41) is 101. The average Bonchev–Trinajstić information content (AvgIpc) is 3.28. The number of anilines is 2. The summed E-state index contributed by atoms with van der Waals surface area (Å²) in [5.41, 5.74) is -1.30. The number of aliphatic hydroxyl groups excluding tert-OH is 10. The Morgan fingerprint density at radius 3 is 1.03 bits per heavy atom. The van der Waals surface area contributed by atoms with Crippen molar-refractivity contribution in [1.82, 2.24) is 20.4 Å². The van der Waals surface area contributed by atoms with Crippen LogP contribution in [-0.2, 0) is 19.2 Å². The van der Waals surface area contributed by atoms with Gasteiger partial charge < -0.3 is 70.7 Å². The van der Waals surface area contributed by atoms with Gasteiger partial charge in [-0.1, -0.05) is 0 Å². The van der Waals surface area contributed by atoms with E-state index in [2.05, 4.69) is 0 Å². The molecule has 0 saturated heterocycles. The van der Waals surface area contributed by atoms with Crippen molar-refractivity contribution in [1.29, 1.82) is 0 Å². The van der Waals surface area contributed by atoms with Crippen molar-refractivity contribution in [3.8, 4) is 0 Å². The van der Waals surface area contributed by atoms with E-state index in [9.17, 15) is 89.4 Å². The fourth-order valence-corrected chi connectivity index (χ4v) is 15.6. The van der Waals surface area contributed by atoms with E-state index < -0.39 is 137 Å². The van der Waals surface area contributed by atoms with Crippen molar-refractivity contribution < 1.29 is 89.4 Å². The van der Waals surface area contributed by atoms with E-state index in [4.69, 9.17) is 0 Å². The van der Waals surface area contributed by atoms with Gasteiger partial charge in [0.1, 0.15) is 0 Å². The molecule has 0 fully saturated rings. The van der Waals surface area contributed by atoms with E-state index in [0.29, 0.717) is 0 Å². The van der Waals surface area contributed by atoms with Gasteiger partial charge >= 0.3 is 0 Å². The Labute approximate surface area is 469 Å². The van der Waals surface area contributed by atoms with Gasteiger partial charge in [0, 0.05) is 60.3 Å². The van der Waals surface area contributed by atoms with E-state index in [0.717, 1.165) is 19.6 Å². The van der Waals surface area contributed by atoms with Crippen LogP contribution in [0.15, 0.2) is 0 Å². The molecule has 0 saturated carbocycles. The molecule has 0 spiro atoms. The van der Waals surface area contributed by atoms with Gasteiger partial charge in [0.15, 0.2) is 12.2 Å². The second-order valence-corrected chi connectivity index (χ2v) is 20.6. The summed E-state index contributed by atoms with van der Waals surface area (Å²) in [5.74, 6) is -8.23. The number of hydrogen-bond acceptors (Lipinski definition) is 18. The zero-order chi connectivity index (χ0) is 52.1. The summed E-state index contributed by atoms with van der Waals surface area (Å²) in [6.45, 7) is -6.44. The number of nitrogens with zero attached hydrogens (tertiary/aromatic N) is 4. The highest BCUT2D eigenvalue weighted by Crippen LogP contribution is 2.40. The minimum atomic E-state index is -2.01. The van der Waals surface area contributed by atoms with Crippen LogP contribution in [0.5, 0.6) is 0 Å². The summed E-state index contributed by atoms with van der Waals surface area (Å²) in [4.78, 5) is 113. The van der Waals surface area contributed by atoms with Gasteiger partial charge in [-0.15, -0.1) is 0 Å². The highest BCUT2D eigenvalue weighted by Gasteiger charge is 2.36. The van der Waals surface area contributed by atoms with Gasteiger partial charge in [-0.3, -0.25) is 49.0 Å². The Hall–Kier alpha value is -1.42. The Morgan fingerprint density at radius 1 is 0.471 bits per heavy atom. The topological polar surface area (TPSA) is 376 Å². The highest BCUT2D eigenvalue weighted by atomic mass is 127. The molecule has 68 heavy (non-hydrogen) atoms. The lowest BCUT2D eigenvalue weighted by Crippen LogP contribution is -2.43. The monoisotopic (exact) mass is 1640 g/mol. The molecule has 24 nitrogen and oxygen atoms in total. The van der Waals surface area contributed by atoms with Gasteiger partial charge in [0.05, 0.1) is 99.8 Å². The molecule has 0 aliphatic rings. The van der Waals surface area contributed by atoms with Crippen LogP contribution in [0.2, 0.25) is 0 Å². The van der Waals surface area contributed by atoms with Gasteiger partial charge in [-0.05, 0) is 136 Å². The number of carbonyl (C=O) groups is 8. The molecule has 30 heteroatoms. The maximum atomic E-state index is 14.2. The number of halogens is 6. The number of benzene rings is 2. The third kappa shape index (κ3) is 15.5. The summed E-state index contributed by atoms with van der Waals surface area (Å²) < 4.78 is -0.0377. The fraction of sp³-hybridized carbons (Fsp3) is 0.474. The smallest absolute Gasteiger partial charge is 0.260 e. The SMILES string of the molecule is CN(C(=O)CCC(=O)N(C)c1c(I)c(C(=O)NC(=O)C(O)CO)c(I)c(C(=O)N(CCO)CC(O)CO)c1I)c1c(I)c(C(=O)NC(=O)C(O)CO)c(I)c(C(=O)N(CCO)CC(O)CO)c1I. The van der Waals surface area contributed by atoms with Crippen molar-refractivity contribution in [3.05, 3.63) is 43.7 Å². The summed E-state index contributed by atoms with van der Waals surface area (Å²) in [6, 6.07) is 0. The molecule has 0 radical (unpaired) electrons. The van der Waals surface area contributed by atoms with Crippen LogP contribution >= 0.6 is 136 Å². The van der Waals surface area contributed by atoms with Crippen LogP contribution in [0.4, 0.5) is 11.4 Å². The quantitative estimate of drug-likeness (QED) is 0.0513. The predicted molar refractivity (Wildman–Crippen MR) is 289 cm³/mol. The van der Waals surface area contributed by atoms with E-state index in [1.54, 1.807) is 136 Å². The lowest BCUT2D eigenvalue weighted by atomic mass is 10.0. The molecule has 0 aliphatic heterocycles. The van der Waals surface area contributed by atoms with E-state index in [1.165, 1.54) is 14.1 Å². The first-order valence-corrected chi connectivity index (χ1v) is 25.9. The number of imide groups is 2. The molecular weight excluding hydrogens is 1590 g/mol. The molecule has 0 heterocycles. The van der Waals surface area contributed by atoms with Crippen molar-refractivity contribution in [2.75, 3.05) is 89.7 Å². The third-order valence-electron chi connectivity index (χ3n) is 9.46. The second-order valence-electron chi connectivity index (χ2n) is 14.1. The van der Waals surface area contributed by atoms with Gasteiger partial charge in [0.2, 0.25) is 11.8 Å². The Bertz CT molecular complexity index is 2110.